The molecule has 2 aromatic rings. The fourth-order valence-corrected chi connectivity index (χ4v) is 5.10. The number of hydrogen-bond acceptors (Lipinski definition) is 3. The quantitative estimate of drug-likeness (QED) is 0.781. The van der Waals surface area contributed by atoms with Gasteiger partial charge in [-0.25, -0.2) is 0 Å². The molecule has 5 heteroatoms. The van der Waals surface area contributed by atoms with Crippen LogP contribution in [0.2, 0.25) is 5.02 Å². The predicted octanol–water partition coefficient (Wildman–Crippen LogP) is 4.65. The zero-order valence-corrected chi connectivity index (χ0v) is 15.6. The first-order valence-electron chi connectivity index (χ1n) is 8.47. The van der Waals surface area contributed by atoms with Crippen molar-refractivity contribution in [3.8, 4) is 5.75 Å². The van der Waals surface area contributed by atoms with E-state index in [2.05, 4.69) is 6.07 Å². The van der Waals surface area contributed by atoms with Crippen molar-refractivity contribution in [1.29, 1.82) is 0 Å². The summed E-state index contributed by atoms with van der Waals surface area (Å²) in [4.78, 5) is 15.5. The molecule has 1 unspecified atom stereocenters. The number of carbonyl (C=O) groups is 1. The molecule has 130 valence electrons. The zero-order chi connectivity index (χ0) is 17.4. The van der Waals surface area contributed by atoms with Crippen molar-refractivity contribution in [1.82, 2.24) is 4.90 Å². The average Bonchev–Trinajstić information content (AvgIpc) is 3.30. The normalized spacial score (nSPS) is 21.2. The molecule has 4 rings (SSSR count). The van der Waals surface area contributed by atoms with Crippen LogP contribution in [0.4, 0.5) is 0 Å². The highest BCUT2D eigenvalue weighted by Gasteiger charge is 2.56. The number of ether oxygens (including phenoxy) is 1. The molecule has 1 saturated heterocycles. The Labute approximate surface area is 157 Å². The molecular weight excluding hydrogens is 354 g/mol. The molecule has 1 saturated carbocycles. The summed E-state index contributed by atoms with van der Waals surface area (Å²) >= 11 is 7.96. The van der Waals surface area contributed by atoms with Gasteiger partial charge >= 0.3 is 0 Å². The summed E-state index contributed by atoms with van der Waals surface area (Å²) in [5.41, 5.74) is 1.69. The van der Waals surface area contributed by atoms with Crippen molar-refractivity contribution >= 4 is 29.3 Å². The Morgan fingerprint density at radius 3 is 2.76 bits per heavy atom. The van der Waals surface area contributed by atoms with Gasteiger partial charge in [0, 0.05) is 22.9 Å². The predicted molar refractivity (Wildman–Crippen MR) is 102 cm³/mol. The van der Waals surface area contributed by atoms with Crippen molar-refractivity contribution in [2.24, 2.45) is 0 Å². The monoisotopic (exact) mass is 373 g/mol. The average molecular weight is 374 g/mol. The highest BCUT2D eigenvalue weighted by atomic mass is 35.5. The Kier molecular flexibility index (Phi) is 4.42. The van der Waals surface area contributed by atoms with E-state index in [4.69, 9.17) is 16.3 Å². The van der Waals surface area contributed by atoms with Gasteiger partial charge in [0.2, 0.25) is 5.91 Å². The molecule has 0 N–H and O–H groups in total. The molecule has 1 heterocycles. The fourth-order valence-electron chi connectivity index (χ4n) is 3.65. The SMILES string of the molecule is COc1ccccc1C1(C(=O)N2CCSC2c2cccc(Cl)c2)CC1. The Balaban J connectivity index is 1.66. The van der Waals surface area contributed by atoms with E-state index in [0.29, 0.717) is 5.02 Å². The van der Waals surface area contributed by atoms with Gasteiger partial charge in [-0.15, -0.1) is 11.8 Å². The number of methoxy groups -OCH3 is 1. The summed E-state index contributed by atoms with van der Waals surface area (Å²) < 4.78 is 5.52. The second kappa shape index (κ2) is 6.58. The van der Waals surface area contributed by atoms with E-state index in [1.165, 1.54) is 0 Å². The smallest absolute Gasteiger partial charge is 0.234 e. The fraction of sp³-hybridized carbons (Fsp3) is 0.350. The standard InChI is InChI=1S/C20H20ClNO2S/c1-24-17-8-3-2-7-16(17)20(9-10-20)19(23)22-11-12-25-18(22)14-5-4-6-15(21)13-14/h2-8,13,18H,9-12H2,1H3. The van der Waals surface area contributed by atoms with Gasteiger partial charge in [0.1, 0.15) is 11.1 Å². The number of amides is 1. The van der Waals surface area contributed by atoms with E-state index >= 15 is 0 Å². The molecular formula is C20H20ClNO2S. The van der Waals surface area contributed by atoms with Crippen molar-refractivity contribution in [2.45, 2.75) is 23.6 Å². The second-order valence-corrected chi connectivity index (χ2v) is 8.18. The van der Waals surface area contributed by atoms with Gasteiger partial charge < -0.3 is 9.64 Å². The van der Waals surface area contributed by atoms with E-state index in [9.17, 15) is 4.79 Å². The van der Waals surface area contributed by atoms with Gasteiger partial charge in [0.05, 0.1) is 12.5 Å². The van der Waals surface area contributed by atoms with Crippen LogP contribution in [0.5, 0.6) is 5.75 Å². The van der Waals surface area contributed by atoms with Crippen molar-refractivity contribution in [2.75, 3.05) is 19.4 Å². The second-order valence-electron chi connectivity index (χ2n) is 6.56. The molecule has 3 nitrogen and oxygen atoms in total. The number of thioether (sulfide) groups is 1. The summed E-state index contributed by atoms with van der Waals surface area (Å²) in [5.74, 6) is 1.97. The lowest BCUT2D eigenvalue weighted by atomic mass is 9.93. The Morgan fingerprint density at radius 1 is 1.24 bits per heavy atom. The highest BCUT2D eigenvalue weighted by Crippen LogP contribution is 2.54. The molecule has 0 bridgehead atoms. The number of nitrogens with zero attached hydrogens (tertiary/aromatic N) is 1. The van der Waals surface area contributed by atoms with Gasteiger partial charge in [-0.3, -0.25) is 4.79 Å². The first-order valence-corrected chi connectivity index (χ1v) is 9.90. The summed E-state index contributed by atoms with van der Waals surface area (Å²) in [6.07, 6.45) is 1.77. The number of rotatable bonds is 4. The van der Waals surface area contributed by atoms with Crippen LogP contribution in [-0.2, 0) is 10.2 Å². The minimum absolute atomic E-state index is 0.0402. The lowest BCUT2D eigenvalue weighted by Gasteiger charge is -2.29. The largest absolute Gasteiger partial charge is 0.496 e. The Hall–Kier alpha value is -1.65. The summed E-state index contributed by atoms with van der Waals surface area (Å²) in [6.45, 7) is 0.775. The van der Waals surface area contributed by atoms with E-state index in [1.807, 2.05) is 47.4 Å². The molecule has 1 amide bonds. The molecule has 1 aliphatic carbocycles. The van der Waals surface area contributed by atoms with Crippen LogP contribution in [0.15, 0.2) is 48.5 Å². The van der Waals surface area contributed by atoms with Crippen LogP contribution in [0, 0.1) is 0 Å². The first kappa shape index (κ1) is 16.8. The molecule has 0 radical (unpaired) electrons. The van der Waals surface area contributed by atoms with Crippen molar-refractivity contribution in [3.05, 3.63) is 64.7 Å². The van der Waals surface area contributed by atoms with Crippen LogP contribution in [0.1, 0.15) is 29.3 Å². The highest BCUT2D eigenvalue weighted by molar-refractivity contribution is 7.99. The van der Waals surface area contributed by atoms with Crippen LogP contribution in [-0.4, -0.2) is 30.2 Å². The van der Waals surface area contributed by atoms with Gasteiger partial charge in [0.15, 0.2) is 0 Å². The van der Waals surface area contributed by atoms with Crippen LogP contribution >= 0.6 is 23.4 Å². The minimum Gasteiger partial charge on any atom is -0.496 e. The third-order valence-electron chi connectivity index (χ3n) is 5.07. The van der Waals surface area contributed by atoms with Crippen molar-refractivity contribution in [3.63, 3.8) is 0 Å². The third-order valence-corrected chi connectivity index (χ3v) is 6.56. The molecule has 25 heavy (non-hydrogen) atoms. The molecule has 2 fully saturated rings. The topological polar surface area (TPSA) is 29.5 Å². The molecule has 1 atom stereocenters. The molecule has 2 aliphatic rings. The van der Waals surface area contributed by atoms with E-state index < -0.39 is 5.41 Å². The summed E-state index contributed by atoms with van der Waals surface area (Å²) in [5, 5.41) is 0.752. The maximum atomic E-state index is 13.5. The van der Waals surface area contributed by atoms with Gasteiger partial charge in [-0.05, 0) is 36.6 Å². The summed E-state index contributed by atoms with van der Waals surface area (Å²) in [6, 6.07) is 15.7. The van der Waals surface area contributed by atoms with E-state index in [1.54, 1.807) is 18.9 Å². The maximum Gasteiger partial charge on any atom is 0.234 e. The van der Waals surface area contributed by atoms with E-state index in [0.717, 1.165) is 42.0 Å². The maximum absolute atomic E-state index is 13.5. The third kappa shape index (κ3) is 2.91. The van der Waals surface area contributed by atoms with Crippen LogP contribution in [0.3, 0.4) is 0 Å². The Morgan fingerprint density at radius 2 is 2.04 bits per heavy atom. The zero-order valence-electron chi connectivity index (χ0n) is 14.1. The number of hydrogen-bond donors (Lipinski definition) is 0. The lowest BCUT2D eigenvalue weighted by Crippen LogP contribution is -2.39. The van der Waals surface area contributed by atoms with Gasteiger partial charge in [-0.2, -0.15) is 0 Å². The summed E-state index contributed by atoms with van der Waals surface area (Å²) in [7, 11) is 1.67. The number of benzene rings is 2. The number of halogens is 1. The van der Waals surface area contributed by atoms with E-state index in [-0.39, 0.29) is 11.3 Å². The Bertz CT molecular complexity index is 806. The number of para-hydroxylation sites is 1. The molecule has 0 aromatic heterocycles. The molecule has 0 spiro atoms. The number of carbonyl (C=O) groups excluding carboxylic acids is 1. The van der Waals surface area contributed by atoms with Crippen LogP contribution in [0.25, 0.3) is 0 Å². The lowest BCUT2D eigenvalue weighted by molar-refractivity contribution is -0.134. The van der Waals surface area contributed by atoms with Gasteiger partial charge in [0.25, 0.3) is 0 Å². The van der Waals surface area contributed by atoms with Crippen LogP contribution < -0.4 is 4.74 Å². The molecule has 1 aliphatic heterocycles. The molecule has 2 aromatic carbocycles. The minimum atomic E-state index is -0.422. The van der Waals surface area contributed by atoms with Crippen molar-refractivity contribution < 1.29 is 9.53 Å². The van der Waals surface area contributed by atoms with Gasteiger partial charge in [-0.1, -0.05) is 41.9 Å². The first-order chi connectivity index (χ1) is 12.2.